The van der Waals surface area contributed by atoms with Crippen molar-refractivity contribution in [1.29, 1.82) is 0 Å². The molecule has 0 amide bonds. The summed E-state index contributed by atoms with van der Waals surface area (Å²) in [6.07, 6.45) is 3.84. The van der Waals surface area contributed by atoms with E-state index in [1.54, 1.807) is 0 Å². The Balaban J connectivity index is 1.49. The molecule has 0 spiro atoms. The molecule has 5 heteroatoms. The number of hydrogen-bond donors (Lipinski definition) is 1. The molecule has 0 aliphatic rings. The van der Waals surface area contributed by atoms with E-state index in [2.05, 4.69) is 58.5 Å². The first-order valence-corrected chi connectivity index (χ1v) is 10.6. The third-order valence-corrected chi connectivity index (χ3v) is 5.69. The number of nitrogens with one attached hydrogen (secondary N) is 1. The van der Waals surface area contributed by atoms with Crippen LogP contribution in [-0.4, -0.2) is 21.0 Å². The van der Waals surface area contributed by atoms with Gasteiger partial charge in [0.05, 0.1) is 12.3 Å². The fraction of sp³-hybridized carbons (Fsp3) is 0.0769. The number of aromatic nitrogens is 3. The Hall–Kier alpha value is -3.70. The van der Waals surface area contributed by atoms with Gasteiger partial charge in [-0.2, -0.15) is 0 Å². The summed E-state index contributed by atoms with van der Waals surface area (Å²) < 4.78 is 8.19. The predicted molar refractivity (Wildman–Crippen MR) is 128 cm³/mol. The molecule has 0 fully saturated rings. The van der Waals surface area contributed by atoms with Gasteiger partial charge in [0.25, 0.3) is 0 Å². The summed E-state index contributed by atoms with van der Waals surface area (Å²) in [7, 11) is 0. The Kier molecular flexibility index (Phi) is 5.10. The molecule has 0 aliphatic carbocycles. The summed E-state index contributed by atoms with van der Waals surface area (Å²) in [5.41, 5.74) is 6.39. The van der Waals surface area contributed by atoms with Gasteiger partial charge < -0.3 is 9.72 Å². The molecule has 0 radical (unpaired) electrons. The Morgan fingerprint density at radius 3 is 2.19 bits per heavy atom. The van der Waals surface area contributed by atoms with Crippen molar-refractivity contribution in [2.45, 2.75) is 6.92 Å². The molecule has 5 rings (SSSR count). The highest BCUT2D eigenvalue weighted by Crippen LogP contribution is 2.27. The Bertz CT molecular complexity index is 1390. The van der Waals surface area contributed by atoms with Gasteiger partial charge >= 0.3 is 0 Å². The van der Waals surface area contributed by atoms with Crippen LogP contribution >= 0.6 is 12.2 Å². The van der Waals surface area contributed by atoms with Crippen LogP contribution in [0.4, 0.5) is 0 Å². The van der Waals surface area contributed by atoms with Gasteiger partial charge in [0.1, 0.15) is 10.4 Å². The van der Waals surface area contributed by atoms with Crippen molar-refractivity contribution >= 4 is 18.0 Å². The zero-order chi connectivity index (χ0) is 21.2. The van der Waals surface area contributed by atoms with Crippen LogP contribution in [-0.2, 0) is 0 Å². The van der Waals surface area contributed by atoms with Crippen molar-refractivity contribution in [2.75, 3.05) is 6.61 Å². The first-order valence-electron chi connectivity index (χ1n) is 10.2. The van der Waals surface area contributed by atoms with Gasteiger partial charge in [-0.3, -0.25) is 4.40 Å². The summed E-state index contributed by atoms with van der Waals surface area (Å²) in [5.74, 6) is 1.57. The number of hydrogen-bond acceptors (Lipinski definition) is 3. The number of ether oxygens (including phenoxy) is 1. The normalized spacial score (nSPS) is 11.0. The van der Waals surface area contributed by atoms with Crippen LogP contribution in [0.15, 0.2) is 91.3 Å². The van der Waals surface area contributed by atoms with E-state index in [1.807, 2.05) is 54.0 Å². The number of aromatic amines is 1. The molecular formula is C26H21N3OS. The number of rotatable bonds is 5. The molecule has 1 N–H and O–H groups in total. The number of fused-ring (bicyclic) bond motifs is 1. The SMILES string of the molecule is CCOc1ccc(-c2cnc3[nH]c(-c4ccc(-c5ccccc5)cc4)cn3c2=S)cc1. The fourth-order valence-electron chi connectivity index (χ4n) is 3.68. The van der Waals surface area contributed by atoms with E-state index >= 15 is 0 Å². The second kappa shape index (κ2) is 8.20. The first-order chi connectivity index (χ1) is 15.2. The summed E-state index contributed by atoms with van der Waals surface area (Å²) in [6, 6.07) is 26.8. The highest BCUT2D eigenvalue weighted by molar-refractivity contribution is 7.71. The van der Waals surface area contributed by atoms with Gasteiger partial charge in [0.2, 0.25) is 5.78 Å². The lowest BCUT2D eigenvalue weighted by molar-refractivity contribution is 0.340. The van der Waals surface area contributed by atoms with Crippen molar-refractivity contribution in [1.82, 2.24) is 14.4 Å². The molecule has 0 aliphatic heterocycles. The standard InChI is InChI=1S/C26H21N3OS/c1-2-30-22-14-12-20(13-15-22)23-16-27-26-28-24(17-29(26)25(23)31)21-10-8-19(9-11-21)18-6-4-3-5-7-18/h3-17H,2H2,1H3,(H,27,28). The van der Waals surface area contributed by atoms with Gasteiger partial charge in [-0.15, -0.1) is 0 Å². The Morgan fingerprint density at radius 2 is 1.48 bits per heavy atom. The van der Waals surface area contributed by atoms with Crippen molar-refractivity contribution in [2.24, 2.45) is 0 Å². The maximum Gasteiger partial charge on any atom is 0.212 e. The zero-order valence-electron chi connectivity index (χ0n) is 17.1. The lowest BCUT2D eigenvalue weighted by Gasteiger charge is -2.06. The molecular weight excluding hydrogens is 402 g/mol. The van der Waals surface area contributed by atoms with Crippen LogP contribution in [0.5, 0.6) is 5.75 Å². The van der Waals surface area contributed by atoms with Crippen LogP contribution in [0.25, 0.3) is 39.3 Å². The maximum absolute atomic E-state index is 5.78. The van der Waals surface area contributed by atoms with Crippen molar-refractivity contribution in [3.63, 3.8) is 0 Å². The van der Waals surface area contributed by atoms with Crippen molar-refractivity contribution in [3.05, 3.63) is 95.9 Å². The fourth-order valence-corrected chi connectivity index (χ4v) is 3.99. The molecule has 4 nitrogen and oxygen atoms in total. The van der Waals surface area contributed by atoms with Crippen LogP contribution in [0.3, 0.4) is 0 Å². The second-order valence-electron chi connectivity index (χ2n) is 7.24. The minimum absolute atomic E-state index is 0.646. The van der Waals surface area contributed by atoms with Crippen LogP contribution in [0.2, 0.25) is 0 Å². The van der Waals surface area contributed by atoms with E-state index in [0.29, 0.717) is 6.61 Å². The third kappa shape index (κ3) is 3.76. The highest BCUT2D eigenvalue weighted by atomic mass is 32.1. The Morgan fingerprint density at radius 1 is 0.839 bits per heavy atom. The number of nitrogens with zero attached hydrogens (tertiary/aromatic N) is 2. The smallest absolute Gasteiger partial charge is 0.212 e. The molecule has 0 unspecified atom stereocenters. The van der Waals surface area contributed by atoms with Gasteiger partial charge in [-0.05, 0) is 41.3 Å². The average Bonchev–Trinajstić information content (AvgIpc) is 3.26. The minimum atomic E-state index is 0.646. The van der Waals surface area contributed by atoms with E-state index in [0.717, 1.165) is 38.6 Å². The molecule has 5 aromatic rings. The topological polar surface area (TPSA) is 42.3 Å². The molecule has 3 aromatic carbocycles. The molecule has 31 heavy (non-hydrogen) atoms. The molecule has 2 heterocycles. The van der Waals surface area contributed by atoms with Gasteiger partial charge in [0, 0.05) is 18.0 Å². The highest BCUT2D eigenvalue weighted by Gasteiger charge is 2.09. The summed E-state index contributed by atoms with van der Waals surface area (Å²) in [6.45, 7) is 2.62. The molecule has 0 saturated heterocycles. The van der Waals surface area contributed by atoms with Gasteiger partial charge in [-0.25, -0.2) is 4.98 Å². The number of imidazole rings is 1. The van der Waals surface area contributed by atoms with E-state index < -0.39 is 0 Å². The molecule has 0 atom stereocenters. The Labute approximate surface area is 185 Å². The van der Waals surface area contributed by atoms with E-state index in [4.69, 9.17) is 17.0 Å². The van der Waals surface area contributed by atoms with Crippen LogP contribution in [0, 0.1) is 4.64 Å². The monoisotopic (exact) mass is 423 g/mol. The lowest BCUT2D eigenvalue weighted by atomic mass is 10.0. The van der Waals surface area contributed by atoms with E-state index in [1.165, 1.54) is 11.1 Å². The quantitative estimate of drug-likeness (QED) is 0.316. The number of H-pyrrole nitrogens is 1. The summed E-state index contributed by atoms with van der Waals surface area (Å²) in [4.78, 5) is 7.98. The minimum Gasteiger partial charge on any atom is -0.494 e. The predicted octanol–water partition coefficient (Wildman–Crippen LogP) is 6.79. The molecule has 0 bridgehead atoms. The molecule has 0 saturated carbocycles. The van der Waals surface area contributed by atoms with Crippen LogP contribution < -0.4 is 4.74 Å². The van der Waals surface area contributed by atoms with E-state index in [-0.39, 0.29) is 0 Å². The zero-order valence-corrected chi connectivity index (χ0v) is 17.9. The van der Waals surface area contributed by atoms with Crippen LogP contribution in [0.1, 0.15) is 6.92 Å². The lowest BCUT2D eigenvalue weighted by Crippen LogP contribution is -1.93. The summed E-state index contributed by atoms with van der Waals surface area (Å²) >= 11 is 5.78. The summed E-state index contributed by atoms with van der Waals surface area (Å²) in [5, 5.41) is 0. The largest absolute Gasteiger partial charge is 0.494 e. The van der Waals surface area contributed by atoms with E-state index in [9.17, 15) is 0 Å². The van der Waals surface area contributed by atoms with Crippen molar-refractivity contribution < 1.29 is 4.74 Å². The van der Waals surface area contributed by atoms with Gasteiger partial charge in [0.15, 0.2) is 0 Å². The average molecular weight is 424 g/mol. The molecule has 2 aromatic heterocycles. The third-order valence-electron chi connectivity index (χ3n) is 5.28. The first kappa shape index (κ1) is 19.3. The second-order valence-corrected chi connectivity index (χ2v) is 7.63. The number of benzene rings is 3. The molecule has 152 valence electrons. The van der Waals surface area contributed by atoms with Gasteiger partial charge in [-0.1, -0.05) is 78.9 Å². The maximum atomic E-state index is 5.78. The van der Waals surface area contributed by atoms with Crippen molar-refractivity contribution in [3.8, 4) is 39.3 Å².